The Morgan fingerprint density at radius 1 is 1.19 bits per heavy atom. The molecular formula is C17H15ClFNO. The van der Waals surface area contributed by atoms with Gasteiger partial charge < -0.3 is 10.1 Å². The maximum absolute atomic E-state index is 13.7. The summed E-state index contributed by atoms with van der Waals surface area (Å²) in [5.41, 5.74) is 2.89. The molecular weight excluding hydrogens is 289 g/mol. The zero-order valence-corrected chi connectivity index (χ0v) is 12.2. The predicted octanol–water partition coefficient (Wildman–Crippen LogP) is 4.39. The molecule has 1 heterocycles. The van der Waals surface area contributed by atoms with E-state index >= 15 is 0 Å². The Morgan fingerprint density at radius 2 is 2.10 bits per heavy atom. The fraction of sp³-hybridized carbons (Fsp3) is 0.176. The van der Waals surface area contributed by atoms with Crippen LogP contribution in [-0.2, 0) is 6.61 Å². The van der Waals surface area contributed by atoms with Crippen molar-refractivity contribution in [2.45, 2.75) is 13.0 Å². The molecule has 1 aliphatic rings. The van der Waals surface area contributed by atoms with Gasteiger partial charge in [0, 0.05) is 23.3 Å². The Hall–Kier alpha value is -2.00. The van der Waals surface area contributed by atoms with E-state index in [9.17, 15) is 4.39 Å². The SMILES string of the molecule is Fc1cc(Cl)ccc1COc1cccc(C2=CNCC2)c1. The van der Waals surface area contributed by atoms with Gasteiger partial charge in [-0.1, -0.05) is 29.8 Å². The molecule has 2 aromatic rings. The monoisotopic (exact) mass is 303 g/mol. The zero-order valence-electron chi connectivity index (χ0n) is 11.4. The van der Waals surface area contributed by atoms with Crippen LogP contribution in [0, 0.1) is 5.82 Å². The van der Waals surface area contributed by atoms with Crippen LogP contribution in [0.3, 0.4) is 0 Å². The van der Waals surface area contributed by atoms with Crippen molar-refractivity contribution in [3.05, 3.63) is 70.6 Å². The summed E-state index contributed by atoms with van der Waals surface area (Å²) in [7, 11) is 0. The first-order chi connectivity index (χ1) is 10.2. The Balaban J connectivity index is 1.71. The molecule has 0 aliphatic carbocycles. The van der Waals surface area contributed by atoms with Gasteiger partial charge in [0.2, 0.25) is 0 Å². The van der Waals surface area contributed by atoms with Crippen LogP contribution in [0.4, 0.5) is 4.39 Å². The average Bonchev–Trinajstić information content (AvgIpc) is 3.01. The van der Waals surface area contributed by atoms with E-state index in [4.69, 9.17) is 16.3 Å². The Labute approximate surface area is 128 Å². The molecule has 0 bridgehead atoms. The summed E-state index contributed by atoms with van der Waals surface area (Å²) in [6.45, 7) is 1.15. The molecule has 0 spiro atoms. The molecule has 0 fully saturated rings. The quantitative estimate of drug-likeness (QED) is 0.904. The van der Waals surface area contributed by atoms with Gasteiger partial charge in [-0.2, -0.15) is 0 Å². The van der Waals surface area contributed by atoms with Crippen LogP contribution < -0.4 is 10.1 Å². The van der Waals surface area contributed by atoms with Crippen molar-refractivity contribution in [2.24, 2.45) is 0 Å². The van der Waals surface area contributed by atoms with Crippen molar-refractivity contribution in [1.82, 2.24) is 5.32 Å². The first-order valence-corrected chi connectivity index (χ1v) is 7.20. The second-order valence-corrected chi connectivity index (χ2v) is 5.36. The highest BCUT2D eigenvalue weighted by atomic mass is 35.5. The number of rotatable bonds is 4. The number of ether oxygens (including phenoxy) is 1. The highest BCUT2D eigenvalue weighted by Gasteiger charge is 2.08. The van der Waals surface area contributed by atoms with E-state index in [0.29, 0.717) is 10.6 Å². The second kappa shape index (κ2) is 6.19. The highest BCUT2D eigenvalue weighted by molar-refractivity contribution is 6.30. The van der Waals surface area contributed by atoms with Crippen LogP contribution in [0.25, 0.3) is 5.57 Å². The predicted molar refractivity (Wildman–Crippen MR) is 82.8 cm³/mol. The molecule has 0 saturated carbocycles. The van der Waals surface area contributed by atoms with Crippen molar-refractivity contribution < 1.29 is 9.13 Å². The Bertz CT molecular complexity index is 684. The van der Waals surface area contributed by atoms with Gasteiger partial charge >= 0.3 is 0 Å². The van der Waals surface area contributed by atoms with Crippen LogP contribution in [0.2, 0.25) is 5.02 Å². The fourth-order valence-corrected chi connectivity index (χ4v) is 2.45. The first-order valence-electron chi connectivity index (χ1n) is 6.82. The van der Waals surface area contributed by atoms with Crippen LogP contribution in [0.15, 0.2) is 48.7 Å². The van der Waals surface area contributed by atoms with Gasteiger partial charge in [-0.25, -0.2) is 4.39 Å². The normalized spacial score (nSPS) is 13.7. The van der Waals surface area contributed by atoms with E-state index in [1.807, 2.05) is 24.4 Å². The van der Waals surface area contributed by atoms with Crippen molar-refractivity contribution in [1.29, 1.82) is 0 Å². The lowest BCUT2D eigenvalue weighted by atomic mass is 10.1. The van der Waals surface area contributed by atoms with Crippen molar-refractivity contribution in [3.63, 3.8) is 0 Å². The maximum atomic E-state index is 13.7. The van der Waals surface area contributed by atoms with Crippen LogP contribution in [-0.4, -0.2) is 6.54 Å². The smallest absolute Gasteiger partial charge is 0.131 e. The maximum Gasteiger partial charge on any atom is 0.131 e. The van der Waals surface area contributed by atoms with Crippen molar-refractivity contribution in [3.8, 4) is 5.75 Å². The van der Waals surface area contributed by atoms with Gasteiger partial charge in [0.25, 0.3) is 0 Å². The van der Waals surface area contributed by atoms with E-state index in [0.717, 1.165) is 24.3 Å². The summed E-state index contributed by atoms with van der Waals surface area (Å²) in [5, 5.41) is 3.58. The molecule has 2 nitrogen and oxygen atoms in total. The summed E-state index contributed by atoms with van der Waals surface area (Å²) >= 11 is 5.73. The van der Waals surface area contributed by atoms with Gasteiger partial charge in [-0.05, 0) is 41.8 Å². The molecule has 0 atom stereocenters. The average molecular weight is 304 g/mol. The summed E-state index contributed by atoms with van der Waals surface area (Å²) < 4.78 is 19.4. The number of benzene rings is 2. The van der Waals surface area contributed by atoms with E-state index in [1.54, 1.807) is 12.1 Å². The van der Waals surface area contributed by atoms with Crippen molar-refractivity contribution >= 4 is 17.2 Å². The molecule has 21 heavy (non-hydrogen) atoms. The lowest BCUT2D eigenvalue weighted by Crippen LogP contribution is -1.98. The molecule has 0 radical (unpaired) electrons. The summed E-state index contributed by atoms with van der Waals surface area (Å²) in [5.74, 6) is 0.385. The molecule has 0 saturated heterocycles. The lowest BCUT2D eigenvalue weighted by molar-refractivity contribution is 0.300. The van der Waals surface area contributed by atoms with E-state index < -0.39 is 0 Å². The van der Waals surface area contributed by atoms with Crippen LogP contribution >= 0.6 is 11.6 Å². The third-order valence-electron chi connectivity index (χ3n) is 3.43. The number of nitrogens with one attached hydrogen (secondary N) is 1. The number of hydrogen-bond donors (Lipinski definition) is 1. The van der Waals surface area contributed by atoms with E-state index in [2.05, 4.69) is 11.4 Å². The minimum Gasteiger partial charge on any atom is -0.489 e. The molecule has 4 heteroatoms. The second-order valence-electron chi connectivity index (χ2n) is 4.93. The number of hydrogen-bond acceptors (Lipinski definition) is 2. The van der Waals surface area contributed by atoms with Gasteiger partial charge in [-0.3, -0.25) is 0 Å². The van der Waals surface area contributed by atoms with Crippen LogP contribution in [0.1, 0.15) is 17.5 Å². The lowest BCUT2D eigenvalue weighted by Gasteiger charge is -2.09. The highest BCUT2D eigenvalue weighted by Crippen LogP contribution is 2.25. The molecule has 1 aliphatic heterocycles. The molecule has 3 rings (SSSR count). The third kappa shape index (κ3) is 3.37. The molecule has 0 amide bonds. The van der Waals surface area contributed by atoms with E-state index in [-0.39, 0.29) is 12.4 Å². The van der Waals surface area contributed by atoms with Crippen molar-refractivity contribution in [2.75, 3.05) is 6.54 Å². The Kier molecular flexibility index (Phi) is 4.11. The first kappa shape index (κ1) is 14.0. The fourth-order valence-electron chi connectivity index (χ4n) is 2.29. The largest absolute Gasteiger partial charge is 0.489 e. The van der Waals surface area contributed by atoms with Gasteiger partial charge in [0.15, 0.2) is 0 Å². The molecule has 2 aromatic carbocycles. The van der Waals surface area contributed by atoms with Gasteiger partial charge in [-0.15, -0.1) is 0 Å². The van der Waals surface area contributed by atoms with E-state index in [1.165, 1.54) is 11.6 Å². The molecule has 108 valence electrons. The molecule has 0 aromatic heterocycles. The summed E-state index contributed by atoms with van der Waals surface area (Å²) in [6.07, 6.45) is 3.03. The number of halogens is 2. The zero-order chi connectivity index (χ0) is 14.7. The standard InChI is InChI=1S/C17H15ClFNO/c18-15-5-4-14(17(19)9-15)11-21-16-3-1-2-12(8-16)13-6-7-20-10-13/h1-5,8-10,20H,6-7,11H2. The topological polar surface area (TPSA) is 21.3 Å². The Morgan fingerprint density at radius 3 is 2.86 bits per heavy atom. The summed E-state index contributed by atoms with van der Waals surface area (Å²) in [4.78, 5) is 0. The minimum absolute atomic E-state index is 0.184. The van der Waals surface area contributed by atoms with Gasteiger partial charge in [0.05, 0.1) is 0 Å². The van der Waals surface area contributed by atoms with Gasteiger partial charge in [0.1, 0.15) is 18.2 Å². The summed E-state index contributed by atoms with van der Waals surface area (Å²) in [6, 6.07) is 12.5. The molecule has 0 unspecified atom stereocenters. The van der Waals surface area contributed by atoms with Crippen LogP contribution in [0.5, 0.6) is 5.75 Å². The minimum atomic E-state index is -0.346. The third-order valence-corrected chi connectivity index (χ3v) is 3.66. The molecule has 1 N–H and O–H groups in total.